The summed E-state index contributed by atoms with van der Waals surface area (Å²) in [4.78, 5) is 92.0. The van der Waals surface area contributed by atoms with E-state index in [4.69, 9.17) is 0 Å². The van der Waals surface area contributed by atoms with E-state index in [1.54, 1.807) is 0 Å². The Hall–Kier alpha value is -1.60. The van der Waals surface area contributed by atoms with E-state index in [0.29, 0.717) is 0 Å². The summed E-state index contributed by atoms with van der Waals surface area (Å²) in [5.74, 6) is 0.166. The maximum absolute atomic E-state index is 11.5. The average molecular weight is 849 g/mol. The maximum Gasteiger partial charge on any atom is 3.00 e. The summed E-state index contributed by atoms with van der Waals surface area (Å²) in [5, 5.41) is 0. The molecule has 0 unspecified atom stereocenters. The van der Waals surface area contributed by atoms with E-state index in [1.165, 1.54) is 0 Å². The molecule has 0 aliphatic rings. The van der Waals surface area contributed by atoms with Crippen LogP contribution in [0.5, 0.6) is 0 Å². The van der Waals surface area contributed by atoms with Crippen molar-refractivity contribution in [2.45, 2.75) is 192 Å². The molecule has 10 heteroatoms. The summed E-state index contributed by atoms with van der Waals surface area (Å²) < 4.78 is 0. The van der Waals surface area contributed by atoms with Gasteiger partial charge in [0.25, 0.3) is 0 Å². The molecule has 314 valence electrons. The van der Waals surface area contributed by atoms with Crippen molar-refractivity contribution in [1.82, 2.24) is 0 Å². The van der Waals surface area contributed by atoms with E-state index in [1.807, 2.05) is 166 Å². The second-order valence-electron chi connectivity index (χ2n) is 22.1. The van der Waals surface area contributed by atoms with Gasteiger partial charge >= 0.3 is 34.1 Å². The van der Waals surface area contributed by atoms with Crippen LogP contribution in [0.3, 0.4) is 0 Å². The van der Waals surface area contributed by atoms with Crippen LogP contribution < -0.4 is 0 Å². The van der Waals surface area contributed by atoms with Crippen molar-refractivity contribution in [2.75, 3.05) is 0 Å². The zero-order valence-electron chi connectivity index (χ0n) is 38.8. The van der Waals surface area contributed by atoms with Gasteiger partial charge in [0.2, 0.25) is 0 Å². The molecule has 0 heterocycles. The fraction of sp³-hybridized carbons (Fsp3) is 0.818. The summed E-state index contributed by atoms with van der Waals surface area (Å²) in [5.41, 5.74) is -3.21. The standard InChI is InChI=1S/4C11H20O2.2Fe/c4*1-10(2,3)8(12)7-9(13)11(4,5)6;;/h4*7H2,1-6H3;;/q;;;;2*+3. The van der Waals surface area contributed by atoms with Crippen LogP contribution in [0, 0.1) is 43.3 Å². The normalized spacial score (nSPS) is 12.3. The van der Waals surface area contributed by atoms with Crippen molar-refractivity contribution in [1.29, 1.82) is 0 Å². The predicted octanol–water partition coefficient (Wildman–Crippen LogP) is 10.4. The minimum Gasteiger partial charge on any atom is -0.299 e. The van der Waals surface area contributed by atoms with Crippen molar-refractivity contribution in [3.8, 4) is 0 Å². The van der Waals surface area contributed by atoms with Crippen LogP contribution in [0.25, 0.3) is 0 Å². The quantitative estimate of drug-likeness (QED) is 0.174. The third-order valence-electron chi connectivity index (χ3n) is 7.98. The molecule has 0 amide bonds. The first kappa shape index (κ1) is 64.3. The van der Waals surface area contributed by atoms with E-state index >= 15 is 0 Å². The van der Waals surface area contributed by atoms with Crippen molar-refractivity contribution >= 4 is 46.3 Å². The summed E-state index contributed by atoms with van der Waals surface area (Å²) in [7, 11) is 0. The number of Topliss-reactive ketones (excluding diaryl/α,β-unsaturated/α-hetero) is 8. The molecule has 0 saturated carbocycles. The molecule has 54 heavy (non-hydrogen) atoms. The van der Waals surface area contributed by atoms with Crippen molar-refractivity contribution in [3.05, 3.63) is 0 Å². The van der Waals surface area contributed by atoms with Gasteiger partial charge in [-0.25, -0.2) is 0 Å². The Morgan fingerprint density at radius 3 is 0.296 bits per heavy atom. The topological polar surface area (TPSA) is 137 Å². The molecule has 0 atom stereocenters. The summed E-state index contributed by atoms with van der Waals surface area (Å²) >= 11 is 0. The zero-order valence-corrected chi connectivity index (χ0v) is 41.0. The van der Waals surface area contributed by atoms with Gasteiger partial charge in [-0.15, -0.1) is 0 Å². The van der Waals surface area contributed by atoms with Gasteiger partial charge in [0.1, 0.15) is 46.3 Å². The number of rotatable bonds is 8. The van der Waals surface area contributed by atoms with E-state index in [2.05, 4.69) is 0 Å². The van der Waals surface area contributed by atoms with Gasteiger partial charge in [-0.05, 0) is 0 Å². The Balaban J connectivity index is -0.000000140. The molecule has 0 spiro atoms. The molecule has 8 nitrogen and oxygen atoms in total. The molecule has 0 saturated heterocycles. The SMILES string of the molecule is CC(C)(C)C(=O)CC(=O)C(C)(C)C.CC(C)(C)C(=O)CC(=O)C(C)(C)C.CC(C)(C)C(=O)CC(=O)C(C)(C)C.CC(C)(C)C(=O)CC(=O)C(C)(C)C.[Fe+3].[Fe+3]. The smallest absolute Gasteiger partial charge is 0.299 e. The fourth-order valence-corrected chi connectivity index (χ4v) is 2.70. The van der Waals surface area contributed by atoms with Gasteiger partial charge in [-0.2, -0.15) is 0 Å². The summed E-state index contributed by atoms with van der Waals surface area (Å²) in [6.45, 7) is 44.1. The molecule has 0 aromatic heterocycles. The van der Waals surface area contributed by atoms with Gasteiger partial charge in [-0.3, -0.25) is 38.4 Å². The minimum atomic E-state index is -0.402. The molecule has 0 bridgehead atoms. The van der Waals surface area contributed by atoms with Crippen molar-refractivity contribution < 1.29 is 72.5 Å². The Bertz CT molecular complexity index is 969. The predicted molar refractivity (Wildman–Crippen MR) is 214 cm³/mol. The number of carbonyl (C=O) groups is 8. The second kappa shape index (κ2) is 23.6. The molecule has 0 aromatic rings. The summed E-state index contributed by atoms with van der Waals surface area (Å²) in [6, 6.07) is 0. The Kier molecular flexibility index (Phi) is 28.1. The molecule has 0 rings (SSSR count). The molecule has 0 aliphatic heterocycles. The fourth-order valence-electron chi connectivity index (χ4n) is 2.70. The van der Waals surface area contributed by atoms with Gasteiger partial charge in [0.15, 0.2) is 0 Å². The number of carbonyl (C=O) groups excluding carboxylic acids is 8. The van der Waals surface area contributed by atoms with E-state index in [9.17, 15) is 38.4 Å². The first-order chi connectivity index (χ1) is 22.2. The van der Waals surface area contributed by atoms with Crippen LogP contribution >= 0.6 is 0 Å². The van der Waals surface area contributed by atoms with Crippen LogP contribution in [0.15, 0.2) is 0 Å². The molecule has 0 aromatic carbocycles. The molecular formula is C44H80Fe2O8+6. The monoisotopic (exact) mass is 848 g/mol. The van der Waals surface area contributed by atoms with Crippen LogP contribution in [0.4, 0.5) is 0 Å². The third kappa shape index (κ3) is 31.6. The average Bonchev–Trinajstić information content (AvgIpc) is 2.85. The Labute approximate surface area is 352 Å². The van der Waals surface area contributed by atoms with Gasteiger partial charge in [0, 0.05) is 43.3 Å². The molecule has 0 aliphatic carbocycles. The van der Waals surface area contributed by atoms with Crippen molar-refractivity contribution in [2.24, 2.45) is 43.3 Å². The van der Waals surface area contributed by atoms with Crippen molar-refractivity contribution in [3.63, 3.8) is 0 Å². The van der Waals surface area contributed by atoms with E-state index in [-0.39, 0.29) is 106 Å². The van der Waals surface area contributed by atoms with E-state index < -0.39 is 43.3 Å². The number of hydrogen-bond donors (Lipinski definition) is 0. The third-order valence-corrected chi connectivity index (χ3v) is 7.98. The zero-order chi connectivity index (χ0) is 43.4. The van der Waals surface area contributed by atoms with Crippen LogP contribution in [0.1, 0.15) is 192 Å². The van der Waals surface area contributed by atoms with Gasteiger partial charge in [-0.1, -0.05) is 166 Å². The maximum atomic E-state index is 11.5. The van der Waals surface area contributed by atoms with E-state index in [0.717, 1.165) is 0 Å². The Morgan fingerprint density at radius 1 is 0.204 bits per heavy atom. The first-order valence-electron chi connectivity index (χ1n) is 18.5. The molecule has 0 fully saturated rings. The molecule has 2 radical (unpaired) electrons. The largest absolute Gasteiger partial charge is 3.00 e. The second-order valence-corrected chi connectivity index (χ2v) is 22.1. The first-order valence-corrected chi connectivity index (χ1v) is 18.5. The van der Waals surface area contributed by atoms with Crippen LogP contribution in [-0.4, -0.2) is 46.3 Å². The van der Waals surface area contributed by atoms with Crippen LogP contribution in [0.2, 0.25) is 0 Å². The number of ketones is 8. The number of hydrogen-bond acceptors (Lipinski definition) is 8. The van der Waals surface area contributed by atoms with Gasteiger partial charge in [0.05, 0.1) is 25.7 Å². The van der Waals surface area contributed by atoms with Gasteiger partial charge < -0.3 is 0 Å². The Morgan fingerprint density at radius 2 is 0.259 bits per heavy atom. The molecule has 0 N–H and O–H groups in total. The minimum absolute atomic E-state index is 0. The van der Waals surface area contributed by atoms with Crippen LogP contribution in [-0.2, 0) is 72.5 Å². The molecular weight excluding hydrogens is 768 g/mol. The summed E-state index contributed by atoms with van der Waals surface area (Å²) in [6.07, 6.45) is 0.250.